The van der Waals surface area contributed by atoms with E-state index >= 15 is 0 Å². The van der Waals surface area contributed by atoms with Crippen molar-refractivity contribution in [1.82, 2.24) is 5.32 Å². The fourth-order valence-electron chi connectivity index (χ4n) is 1.83. The molecule has 0 aromatic heterocycles. The Balaban J connectivity index is 1.98. The fraction of sp³-hybridized carbons (Fsp3) is 0.462. The molecule has 0 aliphatic carbocycles. The number of amides is 1. The maximum Gasteiger partial charge on any atom is 0.263 e. The Morgan fingerprint density at radius 2 is 2.39 bits per heavy atom. The molecule has 18 heavy (non-hydrogen) atoms. The molecule has 0 radical (unpaired) electrons. The largest absolute Gasteiger partial charge is 0.477 e. The Morgan fingerprint density at radius 1 is 1.61 bits per heavy atom. The van der Waals surface area contributed by atoms with Gasteiger partial charge in [0.05, 0.1) is 24.9 Å². The lowest BCUT2D eigenvalue weighted by molar-refractivity contribution is -0.128. The van der Waals surface area contributed by atoms with Crippen molar-refractivity contribution in [1.29, 1.82) is 0 Å². The highest BCUT2D eigenvalue weighted by atomic mass is 16.5. The van der Waals surface area contributed by atoms with Gasteiger partial charge >= 0.3 is 0 Å². The average molecular weight is 250 g/mol. The highest BCUT2D eigenvalue weighted by Crippen LogP contribution is 2.28. The molecule has 1 unspecified atom stereocenters. The molecule has 5 heteroatoms. The maximum absolute atomic E-state index is 11.9. The van der Waals surface area contributed by atoms with E-state index in [-0.39, 0.29) is 18.6 Å². The first-order valence-electron chi connectivity index (χ1n) is 6.15. The van der Waals surface area contributed by atoms with Crippen LogP contribution in [0.25, 0.3) is 0 Å². The molecule has 0 saturated heterocycles. The SMILES string of the molecule is CC[C@H](CO)NC(=O)C1CNc2ccccc2O1. The van der Waals surface area contributed by atoms with Crippen molar-refractivity contribution < 1.29 is 14.6 Å². The number of carbonyl (C=O) groups is 1. The summed E-state index contributed by atoms with van der Waals surface area (Å²) in [7, 11) is 0. The van der Waals surface area contributed by atoms with Crippen molar-refractivity contribution in [3.63, 3.8) is 0 Å². The molecular formula is C13H18N2O3. The molecule has 1 aromatic rings. The molecule has 1 aliphatic heterocycles. The van der Waals surface area contributed by atoms with Gasteiger partial charge in [0, 0.05) is 0 Å². The second kappa shape index (κ2) is 5.73. The minimum atomic E-state index is -0.555. The third kappa shape index (κ3) is 2.73. The predicted molar refractivity (Wildman–Crippen MR) is 68.7 cm³/mol. The Labute approximate surface area is 106 Å². The summed E-state index contributed by atoms with van der Waals surface area (Å²) in [6.45, 7) is 2.29. The third-order valence-electron chi connectivity index (χ3n) is 2.99. The van der Waals surface area contributed by atoms with Gasteiger partial charge in [-0.15, -0.1) is 0 Å². The lowest BCUT2D eigenvalue weighted by atomic mass is 10.2. The number of aliphatic hydroxyl groups excluding tert-OH is 1. The van der Waals surface area contributed by atoms with Crippen LogP contribution in [0.5, 0.6) is 5.75 Å². The monoisotopic (exact) mass is 250 g/mol. The number of benzene rings is 1. The van der Waals surface area contributed by atoms with E-state index in [4.69, 9.17) is 9.84 Å². The molecule has 1 heterocycles. The number of para-hydroxylation sites is 2. The van der Waals surface area contributed by atoms with Gasteiger partial charge in [-0.05, 0) is 18.6 Å². The van der Waals surface area contributed by atoms with Crippen LogP contribution >= 0.6 is 0 Å². The highest BCUT2D eigenvalue weighted by molar-refractivity contribution is 5.83. The van der Waals surface area contributed by atoms with Crippen LogP contribution in [0.15, 0.2) is 24.3 Å². The molecular weight excluding hydrogens is 232 g/mol. The van der Waals surface area contributed by atoms with Gasteiger partial charge in [0.1, 0.15) is 5.75 Å². The topological polar surface area (TPSA) is 70.6 Å². The smallest absolute Gasteiger partial charge is 0.263 e. The molecule has 2 atom stereocenters. The number of anilines is 1. The van der Waals surface area contributed by atoms with E-state index in [0.29, 0.717) is 18.7 Å². The van der Waals surface area contributed by atoms with E-state index in [1.54, 1.807) is 0 Å². The zero-order valence-electron chi connectivity index (χ0n) is 10.3. The molecule has 3 N–H and O–H groups in total. The molecule has 1 amide bonds. The van der Waals surface area contributed by atoms with Gasteiger partial charge in [-0.25, -0.2) is 0 Å². The number of nitrogens with one attached hydrogen (secondary N) is 2. The summed E-state index contributed by atoms with van der Waals surface area (Å²) in [6.07, 6.45) is 0.138. The van der Waals surface area contributed by atoms with Crippen molar-refractivity contribution in [2.45, 2.75) is 25.5 Å². The van der Waals surface area contributed by atoms with E-state index in [0.717, 1.165) is 5.69 Å². The summed E-state index contributed by atoms with van der Waals surface area (Å²) < 4.78 is 5.63. The molecule has 1 aliphatic rings. The Morgan fingerprint density at radius 3 is 3.11 bits per heavy atom. The Hall–Kier alpha value is -1.75. The van der Waals surface area contributed by atoms with Crippen LogP contribution in [0.4, 0.5) is 5.69 Å². The number of fused-ring (bicyclic) bond motifs is 1. The van der Waals surface area contributed by atoms with Crippen LogP contribution in [0.3, 0.4) is 0 Å². The van der Waals surface area contributed by atoms with Crippen LogP contribution in [0, 0.1) is 0 Å². The minimum Gasteiger partial charge on any atom is -0.477 e. The van der Waals surface area contributed by atoms with E-state index in [1.807, 2.05) is 31.2 Å². The second-order valence-electron chi connectivity index (χ2n) is 4.28. The lowest BCUT2D eigenvalue weighted by Gasteiger charge is -2.27. The Kier molecular flexibility index (Phi) is 4.04. The van der Waals surface area contributed by atoms with Crippen LogP contribution in [0.1, 0.15) is 13.3 Å². The standard InChI is InChI=1S/C13H18N2O3/c1-2-9(8-16)15-13(17)12-7-14-10-5-3-4-6-11(10)18-12/h3-6,9,12,14,16H,2,7-8H2,1H3,(H,15,17)/t9-,12?/m1/s1. The zero-order valence-corrected chi connectivity index (χ0v) is 10.3. The number of hydrogen-bond acceptors (Lipinski definition) is 4. The van der Waals surface area contributed by atoms with E-state index in [2.05, 4.69) is 10.6 Å². The first-order valence-corrected chi connectivity index (χ1v) is 6.15. The molecule has 0 fully saturated rings. The predicted octanol–water partition coefficient (Wildman–Crippen LogP) is 0.747. The average Bonchev–Trinajstić information content (AvgIpc) is 2.44. The quantitative estimate of drug-likeness (QED) is 0.737. The lowest BCUT2D eigenvalue weighted by Crippen LogP contribution is -2.49. The van der Waals surface area contributed by atoms with Crippen LogP contribution in [0.2, 0.25) is 0 Å². The molecule has 2 rings (SSSR count). The van der Waals surface area contributed by atoms with Crippen molar-refractivity contribution >= 4 is 11.6 Å². The normalized spacial score (nSPS) is 19.1. The summed E-state index contributed by atoms with van der Waals surface area (Å²) in [5, 5.41) is 15.0. The summed E-state index contributed by atoms with van der Waals surface area (Å²) in [5.41, 5.74) is 0.899. The first kappa shape index (κ1) is 12.7. The maximum atomic E-state index is 11.9. The van der Waals surface area contributed by atoms with E-state index in [1.165, 1.54) is 0 Å². The Bertz CT molecular complexity index is 418. The van der Waals surface area contributed by atoms with E-state index < -0.39 is 6.10 Å². The second-order valence-corrected chi connectivity index (χ2v) is 4.28. The van der Waals surface area contributed by atoms with Gasteiger partial charge in [-0.1, -0.05) is 19.1 Å². The van der Waals surface area contributed by atoms with Gasteiger partial charge in [0.25, 0.3) is 5.91 Å². The molecule has 98 valence electrons. The molecule has 0 spiro atoms. The third-order valence-corrected chi connectivity index (χ3v) is 2.99. The van der Waals surface area contributed by atoms with Crippen molar-refractivity contribution in [3.8, 4) is 5.75 Å². The number of aliphatic hydroxyl groups is 1. The van der Waals surface area contributed by atoms with Gasteiger partial charge in [0.15, 0.2) is 6.10 Å². The fourth-order valence-corrected chi connectivity index (χ4v) is 1.83. The van der Waals surface area contributed by atoms with Crippen LogP contribution in [-0.2, 0) is 4.79 Å². The van der Waals surface area contributed by atoms with Gasteiger partial charge in [-0.2, -0.15) is 0 Å². The summed E-state index contributed by atoms with van der Waals surface area (Å²) in [6, 6.07) is 7.30. The number of rotatable bonds is 4. The molecule has 5 nitrogen and oxygen atoms in total. The van der Waals surface area contributed by atoms with Crippen LogP contribution in [-0.4, -0.2) is 36.3 Å². The van der Waals surface area contributed by atoms with Crippen molar-refractivity contribution in [2.75, 3.05) is 18.5 Å². The van der Waals surface area contributed by atoms with E-state index in [9.17, 15) is 4.79 Å². The summed E-state index contributed by atoms with van der Waals surface area (Å²) in [4.78, 5) is 11.9. The van der Waals surface area contributed by atoms with Crippen molar-refractivity contribution in [3.05, 3.63) is 24.3 Å². The molecule has 0 bridgehead atoms. The number of ether oxygens (including phenoxy) is 1. The highest BCUT2D eigenvalue weighted by Gasteiger charge is 2.26. The number of hydrogen-bond donors (Lipinski definition) is 3. The van der Waals surface area contributed by atoms with Crippen LogP contribution < -0.4 is 15.4 Å². The minimum absolute atomic E-state index is 0.0566. The van der Waals surface area contributed by atoms with Gasteiger partial charge < -0.3 is 20.5 Å². The summed E-state index contributed by atoms with van der Waals surface area (Å²) >= 11 is 0. The number of carbonyl (C=O) groups excluding carboxylic acids is 1. The van der Waals surface area contributed by atoms with Crippen molar-refractivity contribution in [2.24, 2.45) is 0 Å². The molecule has 1 aromatic carbocycles. The zero-order chi connectivity index (χ0) is 13.0. The van der Waals surface area contributed by atoms with Gasteiger partial charge in [0.2, 0.25) is 0 Å². The van der Waals surface area contributed by atoms with Gasteiger partial charge in [-0.3, -0.25) is 4.79 Å². The summed E-state index contributed by atoms with van der Waals surface area (Å²) in [5.74, 6) is 0.485. The first-order chi connectivity index (χ1) is 8.74. The molecule has 0 saturated carbocycles.